The molecule has 1 amide bonds. The van der Waals surface area contributed by atoms with Gasteiger partial charge in [-0.2, -0.15) is 0 Å². The molecule has 122 valence electrons. The number of benzene rings is 1. The maximum absolute atomic E-state index is 12.3. The standard InChI is InChI=1S/C16H11Cl2N3OS2/c1-23-10-4-2-9(3-5-10)12-8-24-16(19-12)21-15(22)14-11(17)6-7-13(18)20-14/h2-8H,1H3,(H,19,21,22). The number of rotatable bonds is 4. The lowest BCUT2D eigenvalue weighted by Crippen LogP contribution is -2.14. The quantitative estimate of drug-likeness (QED) is 0.468. The third kappa shape index (κ3) is 3.89. The molecule has 24 heavy (non-hydrogen) atoms. The van der Waals surface area contributed by atoms with Gasteiger partial charge in [-0.25, -0.2) is 9.97 Å². The number of amides is 1. The molecular formula is C16H11Cl2N3OS2. The van der Waals surface area contributed by atoms with Crippen LogP contribution in [0.2, 0.25) is 10.2 Å². The Morgan fingerprint density at radius 3 is 2.58 bits per heavy atom. The second-order valence-electron chi connectivity index (χ2n) is 4.68. The summed E-state index contributed by atoms with van der Waals surface area (Å²) in [6.45, 7) is 0. The molecule has 2 heterocycles. The normalized spacial score (nSPS) is 10.6. The highest BCUT2D eigenvalue weighted by atomic mass is 35.5. The van der Waals surface area contributed by atoms with Gasteiger partial charge >= 0.3 is 0 Å². The van der Waals surface area contributed by atoms with E-state index in [9.17, 15) is 4.79 Å². The molecule has 3 rings (SSSR count). The molecule has 2 aromatic heterocycles. The van der Waals surface area contributed by atoms with Crippen molar-refractivity contribution in [2.75, 3.05) is 11.6 Å². The van der Waals surface area contributed by atoms with Crippen molar-refractivity contribution in [3.8, 4) is 11.3 Å². The largest absolute Gasteiger partial charge is 0.296 e. The van der Waals surface area contributed by atoms with E-state index in [2.05, 4.69) is 15.3 Å². The van der Waals surface area contributed by atoms with Gasteiger partial charge in [0.05, 0.1) is 10.7 Å². The van der Waals surface area contributed by atoms with Crippen LogP contribution in [0.3, 0.4) is 0 Å². The molecule has 4 nitrogen and oxygen atoms in total. The van der Waals surface area contributed by atoms with Gasteiger partial charge in [0.15, 0.2) is 5.13 Å². The number of carbonyl (C=O) groups is 1. The van der Waals surface area contributed by atoms with Crippen molar-refractivity contribution >= 4 is 57.3 Å². The summed E-state index contributed by atoms with van der Waals surface area (Å²) in [5.41, 5.74) is 1.86. The van der Waals surface area contributed by atoms with Gasteiger partial charge in [0.1, 0.15) is 10.8 Å². The van der Waals surface area contributed by atoms with E-state index in [0.29, 0.717) is 5.13 Å². The van der Waals surface area contributed by atoms with Crippen molar-refractivity contribution < 1.29 is 4.79 Å². The second-order valence-corrected chi connectivity index (χ2v) is 7.22. The van der Waals surface area contributed by atoms with Gasteiger partial charge in [0.25, 0.3) is 5.91 Å². The number of pyridine rings is 1. The highest BCUT2D eigenvalue weighted by Crippen LogP contribution is 2.27. The molecule has 0 aliphatic rings. The Morgan fingerprint density at radius 1 is 1.12 bits per heavy atom. The first kappa shape index (κ1) is 17.2. The first-order valence-electron chi connectivity index (χ1n) is 6.80. The van der Waals surface area contributed by atoms with Gasteiger partial charge < -0.3 is 0 Å². The van der Waals surface area contributed by atoms with Crippen LogP contribution in [0, 0.1) is 0 Å². The van der Waals surface area contributed by atoms with E-state index in [1.54, 1.807) is 11.8 Å². The number of nitrogens with one attached hydrogen (secondary N) is 1. The predicted octanol–water partition coefficient (Wildman–Crippen LogP) is 5.49. The molecule has 0 radical (unpaired) electrons. The van der Waals surface area contributed by atoms with E-state index in [-0.39, 0.29) is 15.9 Å². The molecule has 0 bridgehead atoms. The zero-order valence-corrected chi connectivity index (χ0v) is 15.6. The Hall–Kier alpha value is -1.60. The second kappa shape index (κ2) is 7.53. The number of carbonyl (C=O) groups excluding carboxylic acids is 1. The SMILES string of the molecule is CSc1ccc(-c2csc(NC(=O)c3nc(Cl)ccc3Cl)n2)cc1. The first-order chi connectivity index (χ1) is 11.6. The number of aromatic nitrogens is 2. The van der Waals surface area contributed by atoms with Crippen LogP contribution in [-0.4, -0.2) is 22.1 Å². The van der Waals surface area contributed by atoms with Crippen molar-refractivity contribution in [2.45, 2.75) is 4.90 Å². The summed E-state index contributed by atoms with van der Waals surface area (Å²) in [6, 6.07) is 11.1. The van der Waals surface area contributed by atoms with Gasteiger partial charge in [0.2, 0.25) is 0 Å². The Morgan fingerprint density at radius 2 is 1.88 bits per heavy atom. The summed E-state index contributed by atoms with van der Waals surface area (Å²) in [5, 5.41) is 5.50. The molecule has 0 aliphatic heterocycles. The monoisotopic (exact) mass is 395 g/mol. The Labute approximate surface area is 157 Å². The molecule has 8 heteroatoms. The average molecular weight is 396 g/mol. The van der Waals surface area contributed by atoms with Crippen LogP contribution >= 0.6 is 46.3 Å². The fraction of sp³-hybridized carbons (Fsp3) is 0.0625. The van der Waals surface area contributed by atoms with E-state index in [1.165, 1.54) is 28.4 Å². The van der Waals surface area contributed by atoms with Crippen molar-refractivity contribution in [2.24, 2.45) is 0 Å². The zero-order chi connectivity index (χ0) is 17.1. The first-order valence-corrected chi connectivity index (χ1v) is 9.66. The van der Waals surface area contributed by atoms with Crippen molar-refractivity contribution in [3.63, 3.8) is 0 Å². The van der Waals surface area contributed by atoms with E-state index >= 15 is 0 Å². The van der Waals surface area contributed by atoms with E-state index in [1.807, 2.05) is 35.9 Å². The molecule has 0 atom stereocenters. The zero-order valence-electron chi connectivity index (χ0n) is 12.4. The minimum atomic E-state index is -0.443. The maximum atomic E-state index is 12.3. The Kier molecular flexibility index (Phi) is 5.40. The molecular weight excluding hydrogens is 385 g/mol. The van der Waals surface area contributed by atoms with Gasteiger partial charge in [-0.05, 0) is 30.5 Å². The van der Waals surface area contributed by atoms with Gasteiger partial charge in [-0.15, -0.1) is 23.1 Å². The maximum Gasteiger partial charge on any atom is 0.277 e. The Bertz CT molecular complexity index is 881. The van der Waals surface area contributed by atoms with Gasteiger partial charge in [-0.3, -0.25) is 10.1 Å². The summed E-state index contributed by atoms with van der Waals surface area (Å²) in [7, 11) is 0. The minimum absolute atomic E-state index is 0.0743. The topological polar surface area (TPSA) is 54.9 Å². The number of hydrogen-bond acceptors (Lipinski definition) is 5. The van der Waals surface area contributed by atoms with Crippen LogP contribution in [0.1, 0.15) is 10.5 Å². The summed E-state index contributed by atoms with van der Waals surface area (Å²) < 4.78 is 0. The molecule has 0 aliphatic carbocycles. The van der Waals surface area contributed by atoms with Crippen LogP contribution in [0.4, 0.5) is 5.13 Å². The number of halogens is 2. The van der Waals surface area contributed by atoms with Gasteiger partial charge in [0, 0.05) is 15.8 Å². The Balaban J connectivity index is 1.78. The highest BCUT2D eigenvalue weighted by molar-refractivity contribution is 7.98. The van der Waals surface area contributed by atoms with Crippen LogP contribution in [0.5, 0.6) is 0 Å². The molecule has 0 saturated carbocycles. The summed E-state index contributed by atoms with van der Waals surface area (Å²) >= 11 is 14.8. The smallest absolute Gasteiger partial charge is 0.277 e. The highest BCUT2D eigenvalue weighted by Gasteiger charge is 2.15. The molecule has 0 saturated heterocycles. The predicted molar refractivity (Wildman–Crippen MR) is 102 cm³/mol. The molecule has 3 aromatic rings. The lowest BCUT2D eigenvalue weighted by molar-refractivity contribution is 0.102. The van der Waals surface area contributed by atoms with E-state index < -0.39 is 5.91 Å². The van der Waals surface area contributed by atoms with E-state index in [0.717, 1.165) is 11.3 Å². The van der Waals surface area contributed by atoms with Crippen LogP contribution in [-0.2, 0) is 0 Å². The molecule has 1 N–H and O–H groups in total. The van der Waals surface area contributed by atoms with Crippen LogP contribution < -0.4 is 5.32 Å². The lowest BCUT2D eigenvalue weighted by Gasteiger charge is -2.03. The number of hydrogen-bond donors (Lipinski definition) is 1. The number of nitrogens with zero attached hydrogens (tertiary/aromatic N) is 2. The average Bonchev–Trinajstić information content (AvgIpc) is 3.05. The summed E-state index contributed by atoms with van der Waals surface area (Å²) in [5.74, 6) is -0.443. The molecule has 0 spiro atoms. The van der Waals surface area contributed by atoms with Crippen molar-refractivity contribution in [3.05, 3.63) is 57.6 Å². The van der Waals surface area contributed by atoms with Gasteiger partial charge in [-0.1, -0.05) is 35.3 Å². The minimum Gasteiger partial charge on any atom is -0.296 e. The van der Waals surface area contributed by atoms with Crippen LogP contribution in [0.15, 0.2) is 46.7 Å². The number of thioether (sulfide) groups is 1. The van der Waals surface area contributed by atoms with Crippen LogP contribution in [0.25, 0.3) is 11.3 Å². The number of thiazole rings is 1. The third-order valence-corrected chi connectivity index (χ3v) is 5.15. The lowest BCUT2D eigenvalue weighted by atomic mass is 10.2. The number of anilines is 1. The third-order valence-electron chi connectivity index (χ3n) is 3.14. The molecule has 1 aromatic carbocycles. The summed E-state index contributed by atoms with van der Waals surface area (Å²) in [6.07, 6.45) is 2.03. The fourth-order valence-corrected chi connectivity index (χ4v) is 3.42. The molecule has 0 unspecified atom stereocenters. The van der Waals surface area contributed by atoms with Crippen molar-refractivity contribution in [1.29, 1.82) is 0 Å². The fourth-order valence-electron chi connectivity index (χ4n) is 1.96. The van der Waals surface area contributed by atoms with E-state index in [4.69, 9.17) is 23.2 Å². The van der Waals surface area contributed by atoms with Crippen molar-refractivity contribution in [1.82, 2.24) is 9.97 Å². The molecule has 0 fully saturated rings. The summed E-state index contributed by atoms with van der Waals surface area (Å²) in [4.78, 5) is 21.8.